The maximum Gasteiger partial charge on any atom is 0.305 e. The van der Waals surface area contributed by atoms with E-state index in [0.29, 0.717) is 18.5 Å². The highest BCUT2D eigenvalue weighted by atomic mass is 16.5. The van der Waals surface area contributed by atoms with Crippen LogP contribution in [0.15, 0.2) is 12.1 Å². The van der Waals surface area contributed by atoms with E-state index in [-0.39, 0.29) is 29.6 Å². The van der Waals surface area contributed by atoms with Gasteiger partial charge in [0.25, 0.3) is 5.91 Å². The Morgan fingerprint density at radius 3 is 2.55 bits per heavy atom. The third kappa shape index (κ3) is 3.73. The summed E-state index contributed by atoms with van der Waals surface area (Å²) in [5.74, 6) is -0.523. The van der Waals surface area contributed by atoms with E-state index in [1.165, 1.54) is 12.0 Å². The van der Waals surface area contributed by atoms with E-state index >= 15 is 0 Å². The average Bonchev–Trinajstić information content (AvgIpc) is 2.43. The first-order valence-electron chi connectivity index (χ1n) is 6.50. The van der Waals surface area contributed by atoms with Gasteiger partial charge in [-0.2, -0.15) is 0 Å². The van der Waals surface area contributed by atoms with Gasteiger partial charge in [-0.1, -0.05) is 6.07 Å². The van der Waals surface area contributed by atoms with Crippen LogP contribution in [0.1, 0.15) is 34.3 Å². The molecule has 5 nitrogen and oxygen atoms in total. The molecule has 0 saturated carbocycles. The Kier molecular flexibility index (Phi) is 5.55. The van der Waals surface area contributed by atoms with Gasteiger partial charge >= 0.3 is 5.97 Å². The van der Waals surface area contributed by atoms with Gasteiger partial charge in [-0.3, -0.25) is 9.59 Å². The van der Waals surface area contributed by atoms with Gasteiger partial charge in [0.2, 0.25) is 0 Å². The number of ether oxygens (including phenoxy) is 1. The van der Waals surface area contributed by atoms with Crippen LogP contribution in [0.25, 0.3) is 0 Å². The molecule has 1 rings (SSSR count). The second-order valence-electron chi connectivity index (χ2n) is 4.81. The van der Waals surface area contributed by atoms with Gasteiger partial charge in [0.05, 0.1) is 12.7 Å². The van der Waals surface area contributed by atoms with E-state index in [0.717, 1.165) is 5.56 Å². The second kappa shape index (κ2) is 6.93. The molecular weight excluding hydrogens is 258 g/mol. The quantitative estimate of drug-likeness (QED) is 0.837. The molecule has 0 heterocycles. The molecule has 0 aliphatic rings. The lowest BCUT2D eigenvalue weighted by Gasteiger charge is -2.18. The molecule has 5 heteroatoms. The van der Waals surface area contributed by atoms with Crippen LogP contribution < -0.4 is 0 Å². The van der Waals surface area contributed by atoms with E-state index in [4.69, 9.17) is 0 Å². The van der Waals surface area contributed by atoms with Crippen LogP contribution in [0.2, 0.25) is 0 Å². The van der Waals surface area contributed by atoms with Crippen LogP contribution in [-0.4, -0.2) is 42.6 Å². The van der Waals surface area contributed by atoms with Crippen LogP contribution in [0.5, 0.6) is 5.75 Å². The first-order valence-corrected chi connectivity index (χ1v) is 6.50. The normalized spacial score (nSPS) is 10.2. The summed E-state index contributed by atoms with van der Waals surface area (Å²) in [6.45, 7) is 4.09. The van der Waals surface area contributed by atoms with Crippen molar-refractivity contribution in [2.45, 2.75) is 26.7 Å². The number of aromatic hydroxyl groups is 1. The van der Waals surface area contributed by atoms with Crippen molar-refractivity contribution in [1.29, 1.82) is 0 Å². The number of carbonyl (C=O) groups excluding carboxylic acids is 2. The Bertz CT molecular complexity index is 511. The van der Waals surface area contributed by atoms with E-state index in [1.54, 1.807) is 20.0 Å². The number of esters is 1. The van der Waals surface area contributed by atoms with Gasteiger partial charge in [-0.15, -0.1) is 0 Å². The van der Waals surface area contributed by atoms with Crippen molar-refractivity contribution < 1.29 is 19.4 Å². The molecule has 20 heavy (non-hydrogen) atoms. The van der Waals surface area contributed by atoms with Gasteiger partial charge in [-0.05, 0) is 37.5 Å². The summed E-state index contributed by atoms with van der Waals surface area (Å²) in [6, 6.07) is 3.43. The molecule has 1 amide bonds. The molecule has 110 valence electrons. The fraction of sp³-hybridized carbons (Fsp3) is 0.467. The molecule has 1 N–H and O–H groups in total. The largest absolute Gasteiger partial charge is 0.507 e. The number of rotatable bonds is 5. The van der Waals surface area contributed by atoms with Crippen LogP contribution >= 0.6 is 0 Å². The number of amides is 1. The van der Waals surface area contributed by atoms with Gasteiger partial charge in [-0.25, -0.2) is 0 Å². The standard InChI is InChI=1S/C15H21NO4/c1-10-7-8-12(14(18)11(10)2)15(19)16(3)9-5-6-13(17)20-4/h7-8,18H,5-6,9H2,1-4H3. The van der Waals surface area contributed by atoms with Crippen molar-refractivity contribution in [3.05, 3.63) is 28.8 Å². The van der Waals surface area contributed by atoms with Gasteiger partial charge < -0.3 is 14.7 Å². The maximum atomic E-state index is 12.2. The molecule has 0 aliphatic carbocycles. The Morgan fingerprint density at radius 2 is 1.95 bits per heavy atom. The zero-order valence-corrected chi connectivity index (χ0v) is 12.4. The highest BCUT2D eigenvalue weighted by Gasteiger charge is 2.17. The summed E-state index contributed by atoms with van der Waals surface area (Å²) in [5.41, 5.74) is 1.93. The van der Waals surface area contributed by atoms with Crippen LogP contribution in [0.3, 0.4) is 0 Å². The number of aryl methyl sites for hydroxylation is 1. The second-order valence-corrected chi connectivity index (χ2v) is 4.81. The van der Waals surface area contributed by atoms with Gasteiger partial charge in [0.15, 0.2) is 0 Å². The van der Waals surface area contributed by atoms with Crippen molar-refractivity contribution in [2.75, 3.05) is 20.7 Å². The molecule has 0 fully saturated rings. The van der Waals surface area contributed by atoms with Crippen LogP contribution in [-0.2, 0) is 9.53 Å². The van der Waals surface area contributed by atoms with Gasteiger partial charge in [0.1, 0.15) is 5.75 Å². The molecule has 0 radical (unpaired) electrons. The highest BCUT2D eigenvalue weighted by molar-refractivity contribution is 5.97. The molecule has 0 aliphatic heterocycles. The molecule has 0 atom stereocenters. The molecule has 1 aromatic rings. The monoisotopic (exact) mass is 279 g/mol. The lowest BCUT2D eigenvalue weighted by Crippen LogP contribution is -2.28. The average molecular weight is 279 g/mol. The molecule has 0 unspecified atom stereocenters. The number of phenols is 1. The summed E-state index contributed by atoms with van der Waals surface area (Å²) in [7, 11) is 2.98. The SMILES string of the molecule is COC(=O)CCCN(C)C(=O)c1ccc(C)c(C)c1O. The maximum absolute atomic E-state index is 12.2. The van der Waals surface area contributed by atoms with Crippen molar-refractivity contribution in [2.24, 2.45) is 0 Å². The van der Waals surface area contributed by atoms with Crippen LogP contribution in [0, 0.1) is 13.8 Å². The number of hydrogen-bond donors (Lipinski definition) is 1. The fourth-order valence-electron chi connectivity index (χ4n) is 1.84. The first-order chi connectivity index (χ1) is 9.38. The number of hydrogen-bond acceptors (Lipinski definition) is 4. The zero-order chi connectivity index (χ0) is 15.3. The minimum Gasteiger partial charge on any atom is -0.507 e. The smallest absolute Gasteiger partial charge is 0.305 e. The van der Waals surface area contributed by atoms with Crippen LogP contribution in [0.4, 0.5) is 0 Å². The predicted molar refractivity (Wildman–Crippen MR) is 75.8 cm³/mol. The van der Waals surface area contributed by atoms with Crippen molar-refractivity contribution in [3.63, 3.8) is 0 Å². The molecule has 0 spiro atoms. The minimum atomic E-state index is -0.292. The molecule has 1 aromatic carbocycles. The number of carbonyl (C=O) groups is 2. The highest BCUT2D eigenvalue weighted by Crippen LogP contribution is 2.25. The predicted octanol–water partition coefficient (Wildman–Crippen LogP) is 2.03. The van der Waals surface area contributed by atoms with E-state index in [2.05, 4.69) is 4.74 Å². The third-order valence-corrected chi connectivity index (χ3v) is 3.38. The van der Waals surface area contributed by atoms with Crippen molar-refractivity contribution >= 4 is 11.9 Å². The molecular formula is C15H21NO4. The number of phenolic OH excluding ortho intramolecular Hbond substituents is 1. The van der Waals surface area contributed by atoms with Crippen molar-refractivity contribution in [3.8, 4) is 5.75 Å². The summed E-state index contributed by atoms with van der Waals surface area (Å²) < 4.78 is 4.54. The lowest BCUT2D eigenvalue weighted by atomic mass is 10.0. The van der Waals surface area contributed by atoms with E-state index < -0.39 is 0 Å². The van der Waals surface area contributed by atoms with E-state index in [1.807, 2.05) is 13.0 Å². The Balaban J connectivity index is 2.70. The molecule has 0 bridgehead atoms. The van der Waals surface area contributed by atoms with Crippen molar-refractivity contribution in [1.82, 2.24) is 4.90 Å². The fourth-order valence-corrected chi connectivity index (χ4v) is 1.84. The number of methoxy groups -OCH3 is 1. The lowest BCUT2D eigenvalue weighted by molar-refractivity contribution is -0.140. The topological polar surface area (TPSA) is 66.8 Å². The Labute approximate surface area is 119 Å². The molecule has 0 aromatic heterocycles. The summed E-state index contributed by atoms with van der Waals surface area (Å²) in [6.07, 6.45) is 0.799. The minimum absolute atomic E-state index is 0.0230. The first kappa shape index (κ1) is 16.0. The summed E-state index contributed by atoms with van der Waals surface area (Å²) in [5, 5.41) is 10.0. The zero-order valence-electron chi connectivity index (χ0n) is 12.4. The third-order valence-electron chi connectivity index (χ3n) is 3.38. The van der Waals surface area contributed by atoms with E-state index in [9.17, 15) is 14.7 Å². The number of benzene rings is 1. The molecule has 0 saturated heterocycles. The Hall–Kier alpha value is -2.04. The Morgan fingerprint density at radius 1 is 1.30 bits per heavy atom. The summed E-state index contributed by atoms with van der Waals surface area (Å²) >= 11 is 0. The van der Waals surface area contributed by atoms with Gasteiger partial charge in [0, 0.05) is 20.0 Å². The number of nitrogens with zero attached hydrogens (tertiary/aromatic N) is 1. The summed E-state index contributed by atoms with van der Waals surface area (Å²) in [4.78, 5) is 24.7.